The number of phenols is 4. The Morgan fingerprint density at radius 2 is 0.875 bits per heavy atom. The lowest BCUT2D eigenvalue weighted by atomic mass is 9.65. The molecule has 4 aromatic rings. The number of hydrogen-bond donors (Lipinski definition) is 4. The molecule has 1 aliphatic rings. The summed E-state index contributed by atoms with van der Waals surface area (Å²) in [7, 11) is 0. The molecule has 0 atom stereocenters. The van der Waals surface area contributed by atoms with Gasteiger partial charge in [0.2, 0.25) is 0 Å². The Morgan fingerprint density at radius 3 is 1.20 bits per heavy atom. The molecule has 1 aliphatic carbocycles. The Kier molecular flexibility index (Phi) is 9.09. The highest BCUT2D eigenvalue weighted by molar-refractivity contribution is 5.44. The van der Waals surface area contributed by atoms with E-state index in [-0.39, 0.29) is 22.3 Å². The van der Waals surface area contributed by atoms with Gasteiger partial charge in [-0.2, -0.15) is 0 Å². The van der Waals surface area contributed by atoms with Gasteiger partial charge in [0, 0.05) is 10.8 Å². The van der Waals surface area contributed by atoms with Gasteiger partial charge in [-0.3, -0.25) is 0 Å². The predicted octanol–water partition coefficient (Wildman–Crippen LogP) is 8.80. The van der Waals surface area contributed by atoms with Gasteiger partial charge in [0.1, 0.15) is 23.0 Å². The maximum atomic E-state index is 9.51. The Hall–Kier alpha value is -3.92. The molecule has 0 aromatic heterocycles. The molecular weight excluding hydrogens is 496 g/mol. The van der Waals surface area contributed by atoms with E-state index in [1.54, 1.807) is 48.5 Å². The Labute approximate surface area is 238 Å². The van der Waals surface area contributed by atoms with Crippen LogP contribution in [0.4, 0.5) is 0 Å². The summed E-state index contributed by atoms with van der Waals surface area (Å²) in [6, 6.07) is 30.0. The first kappa shape index (κ1) is 29.1. The summed E-state index contributed by atoms with van der Waals surface area (Å²) in [5.74, 6) is 1.73. The first-order chi connectivity index (χ1) is 19.1. The van der Waals surface area contributed by atoms with E-state index in [0.29, 0.717) is 17.4 Å². The lowest BCUT2D eigenvalue weighted by Crippen LogP contribution is -2.30. The molecule has 0 saturated heterocycles. The van der Waals surface area contributed by atoms with Crippen LogP contribution in [0.3, 0.4) is 0 Å². The second-order valence-electron chi connectivity index (χ2n) is 11.8. The van der Waals surface area contributed by atoms with Crippen molar-refractivity contribution in [2.75, 3.05) is 0 Å². The van der Waals surface area contributed by atoms with Crippen LogP contribution in [0.1, 0.15) is 81.5 Å². The van der Waals surface area contributed by atoms with Crippen LogP contribution < -0.4 is 0 Å². The first-order valence-electron chi connectivity index (χ1n) is 14.3. The highest BCUT2D eigenvalue weighted by Gasteiger charge is 2.35. The SMILES string of the molecule is CC(C)CC(C)(c1ccc(O)cc1)c1ccc(O)cc1.Oc1ccc(C2(c3ccc(O)cc3)CCCCC2)cc1. The van der Waals surface area contributed by atoms with E-state index in [1.807, 2.05) is 48.5 Å². The van der Waals surface area contributed by atoms with Crippen LogP contribution in [-0.4, -0.2) is 20.4 Å². The van der Waals surface area contributed by atoms with Crippen molar-refractivity contribution in [2.24, 2.45) is 5.92 Å². The predicted molar refractivity (Wildman–Crippen MR) is 162 cm³/mol. The van der Waals surface area contributed by atoms with Gasteiger partial charge in [0.25, 0.3) is 0 Å². The van der Waals surface area contributed by atoms with Gasteiger partial charge in [-0.15, -0.1) is 0 Å². The number of benzene rings is 4. The Balaban J connectivity index is 0.000000185. The van der Waals surface area contributed by atoms with Gasteiger partial charge in [-0.25, -0.2) is 0 Å². The highest BCUT2D eigenvalue weighted by Crippen LogP contribution is 2.45. The fraction of sp³-hybridized carbons (Fsp3) is 0.333. The molecule has 210 valence electrons. The van der Waals surface area contributed by atoms with E-state index in [1.165, 1.54) is 41.5 Å². The number of phenolic OH excluding ortho intramolecular Hbond substituents is 4. The van der Waals surface area contributed by atoms with Gasteiger partial charge in [0.05, 0.1) is 0 Å². The van der Waals surface area contributed by atoms with Gasteiger partial charge in [0.15, 0.2) is 0 Å². The fourth-order valence-corrected chi connectivity index (χ4v) is 6.34. The van der Waals surface area contributed by atoms with Gasteiger partial charge >= 0.3 is 0 Å². The third kappa shape index (κ3) is 6.62. The largest absolute Gasteiger partial charge is 0.508 e. The second kappa shape index (κ2) is 12.5. The molecule has 4 aromatic carbocycles. The highest BCUT2D eigenvalue weighted by atomic mass is 16.3. The van der Waals surface area contributed by atoms with E-state index < -0.39 is 0 Å². The molecule has 0 bridgehead atoms. The molecule has 0 unspecified atom stereocenters. The maximum Gasteiger partial charge on any atom is 0.115 e. The fourth-order valence-electron chi connectivity index (χ4n) is 6.34. The molecule has 0 radical (unpaired) electrons. The maximum absolute atomic E-state index is 9.51. The molecule has 0 heterocycles. The van der Waals surface area contributed by atoms with Crippen LogP contribution >= 0.6 is 0 Å². The topological polar surface area (TPSA) is 80.9 Å². The lowest BCUT2D eigenvalue weighted by Gasteiger charge is -2.38. The quantitative estimate of drug-likeness (QED) is 0.198. The van der Waals surface area contributed by atoms with Crippen molar-refractivity contribution in [1.29, 1.82) is 0 Å². The summed E-state index contributed by atoms with van der Waals surface area (Å²) in [5.41, 5.74) is 4.78. The van der Waals surface area contributed by atoms with E-state index >= 15 is 0 Å². The molecule has 0 spiro atoms. The van der Waals surface area contributed by atoms with Crippen LogP contribution in [0.15, 0.2) is 97.1 Å². The Bertz CT molecular complexity index is 1240. The van der Waals surface area contributed by atoms with Gasteiger partial charge in [-0.1, -0.05) is 88.6 Å². The third-order valence-electron chi connectivity index (χ3n) is 8.37. The lowest BCUT2D eigenvalue weighted by molar-refractivity contribution is 0.345. The molecule has 5 rings (SSSR count). The molecule has 1 fully saturated rings. The summed E-state index contributed by atoms with van der Waals surface area (Å²) < 4.78 is 0. The van der Waals surface area contributed by atoms with Crippen molar-refractivity contribution in [3.05, 3.63) is 119 Å². The molecule has 0 amide bonds. The van der Waals surface area contributed by atoms with Crippen molar-refractivity contribution >= 4 is 0 Å². The van der Waals surface area contributed by atoms with E-state index in [4.69, 9.17) is 0 Å². The molecule has 40 heavy (non-hydrogen) atoms. The molecule has 0 aliphatic heterocycles. The van der Waals surface area contributed by atoms with Crippen LogP contribution in [0.5, 0.6) is 23.0 Å². The summed E-state index contributed by atoms with van der Waals surface area (Å²) in [5, 5.41) is 38.0. The summed E-state index contributed by atoms with van der Waals surface area (Å²) >= 11 is 0. The van der Waals surface area contributed by atoms with Crippen LogP contribution in [0.25, 0.3) is 0 Å². The van der Waals surface area contributed by atoms with E-state index in [0.717, 1.165) is 19.3 Å². The smallest absolute Gasteiger partial charge is 0.115 e. The van der Waals surface area contributed by atoms with E-state index in [9.17, 15) is 20.4 Å². The molecular formula is C36H42O4. The van der Waals surface area contributed by atoms with Crippen molar-refractivity contribution in [3.63, 3.8) is 0 Å². The zero-order valence-corrected chi connectivity index (χ0v) is 23.8. The minimum atomic E-state index is -0.129. The summed E-state index contributed by atoms with van der Waals surface area (Å²) in [6.07, 6.45) is 7.00. The molecule has 4 heteroatoms. The first-order valence-corrected chi connectivity index (χ1v) is 14.3. The van der Waals surface area contributed by atoms with Crippen molar-refractivity contribution in [2.45, 2.75) is 70.1 Å². The van der Waals surface area contributed by atoms with Crippen molar-refractivity contribution in [1.82, 2.24) is 0 Å². The van der Waals surface area contributed by atoms with Gasteiger partial charge < -0.3 is 20.4 Å². The number of aromatic hydroxyl groups is 4. The zero-order chi connectivity index (χ0) is 28.8. The average molecular weight is 539 g/mol. The normalized spacial score (nSPS) is 14.8. The average Bonchev–Trinajstić information content (AvgIpc) is 2.95. The standard InChI is InChI=1S/C18H20O2.C18H22O2/c19-16-8-4-14(5-9-16)18(12-2-1-3-13-18)15-6-10-17(20)11-7-15;1-13(2)12-18(3,14-4-8-16(19)9-5-14)15-6-10-17(20)11-7-15/h4-11,19-20H,1-3,12-13H2;4-11,13,19-20H,12H2,1-3H3. The van der Waals surface area contributed by atoms with E-state index in [2.05, 4.69) is 20.8 Å². The monoisotopic (exact) mass is 538 g/mol. The molecule has 4 N–H and O–H groups in total. The number of hydrogen-bond acceptors (Lipinski definition) is 4. The number of rotatable bonds is 6. The zero-order valence-electron chi connectivity index (χ0n) is 23.8. The van der Waals surface area contributed by atoms with Crippen molar-refractivity contribution < 1.29 is 20.4 Å². The van der Waals surface area contributed by atoms with Gasteiger partial charge in [-0.05, 0) is 96.0 Å². The molecule has 4 nitrogen and oxygen atoms in total. The third-order valence-corrected chi connectivity index (χ3v) is 8.37. The summed E-state index contributed by atoms with van der Waals surface area (Å²) in [4.78, 5) is 0. The van der Waals surface area contributed by atoms with Crippen molar-refractivity contribution in [3.8, 4) is 23.0 Å². The van der Waals surface area contributed by atoms with Crippen LogP contribution in [0, 0.1) is 5.92 Å². The molecule has 1 saturated carbocycles. The minimum Gasteiger partial charge on any atom is -0.508 e. The Morgan fingerprint density at radius 1 is 0.550 bits per heavy atom. The van der Waals surface area contributed by atoms with Crippen LogP contribution in [0.2, 0.25) is 0 Å². The second-order valence-corrected chi connectivity index (χ2v) is 11.8. The summed E-state index contributed by atoms with van der Waals surface area (Å²) in [6.45, 7) is 6.63. The van der Waals surface area contributed by atoms with Crippen LogP contribution in [-0.2, 0) is 10.8 Å². The minimum absolute atomic E-state index is 0.0274.